The SMILES string of the molecule is C=C(C)CC(CCC)CCC(=C)Cc1ccc(C)cc1F. The van der Waals surface area contributed by atoms with Gasteiger partial charge >= 0.3 is 0 Å². The van der Waals surface area contributed by atoms with Gasteiger partial charge in [0.2, 0.25) is 0 Å². The van der Waals surface area contributed by atoms with E-state index >= 15 is 0 Å². The van der Waals surface area contributed by atoms with Crippen molar-refractivity contribution in [2.24, 2.45) is 5.92 Å². The Morgan fingerprint density at radius 2 is 1.95 bits per heavy atom. The number of rotatable bonds is 9. The van der Waals surface area contributed by atoms with Crippen LogP contribution in [0.4, 0.5) is 4.39 Å². The van der Waals surface area contributed by atoms with E-state index in [1.807, 2.05) is 19.1 Å². The molecule has 1 rings (SSSR count). The van der Waals surface area contributed by atoms with Crippen molar-refractivity contribution in [2.75, 3.05) is 0 Å². The molecule has 0 amide bonds. The third-order valence-corrected chi connectivity index (χ3v) is 3.89. The molecule has 1 atom stereocenters. The van der Waals surface area contributed by atoms with Gasteiger partial charge in [0.25, 0.3) is 0 Å². The Kier molecular flexibility index (Phi) is 7.42. The Hall–Kier alpha value is -1.37. The number of aryl methyl sites for hydroxylation is 1. The van der Waals surface area contributed by atoms with Crippen LogP contribution in [-0.2, 0) is 6.42 Å². The number of hydrogen-bond acceptors (Lipinski definition) is 0. The fourth-order valence-corrected chi connectivity index (χ4v) is 2.81. The van der Waals surface area contributed by atoms with Gasteiger partial charge in [-0.05, 0) is 62.6 Å². The maximum atomic E-state index is 13.8. The first-order valence-electron chi connectivity index (χ1n) is 7.98. The Morgan fingerprint density at radius 1 is 1.24 bits per heavy atom. The Labute approximate surface area is 129 Å². The van der Waals surface area contributed by atoms with Crippen LogP contribution < -0.4 is 0 Å². The summed E-state index contributed by atoms with van der Waals surface area (Å²) in [6.07, 6.45) is 6.30. The van der Waals surface area contributed by atoms with E-state index in [9.17, 15) is 4.39 Å². The third-order valence-electron chi connectivity index (χ3n) is 3.89. The van der Waals surface area contributed by atoms with Gasteiger partial charge in [0.1, 0.15) is 5.82 Å². The van der Waals surface area contributed by atoms with E-state index in [2.05, 4.69) is 27.0 Å². The zero-order valence-electron chi connectivity index (χ0n) is 13.8. The number of benzene rings is 1. The Morgan fingerprint density at radius 3 is 2.52 bits per heavy atom. The second-order valence-corrected chi connectivity index (χ2v) is 6.38. The van der Waals surface area contributed by atoms with Gasteiger partial charge in [0, 0.05) is 0 Å². The summed E-state index contributed by atoms with van der Waals surface area (Å²) in [6.45, 7) is 14.4. The van der Waals surface area contributed by atoms with Crippen molar-refractivity contribution in [1.29, 1.82) is 0 Å². The third kappa shape index (κ3) is 6.75. The molecule has 0 spiro atoms. The molecule has 0 aliphatic rings. The summed E-state index contributed by atoms with van der Waals surface area (Å²) in [4.78, 5) is 0. The highest BCUT2D eigenvalue weighted by molar-refractivity contribution is 5.26. The van der Waals surface area contributed by atoms with E-state index < -0.39 is 0 Å². The van der Waals surface area contributed by atoms with Gasteiger partial charge in [-0.25, -0.2) is 4.39 Å². The van der Waals surface area contributed by atoms with Crippen LogP contribution in [0.15, 0.2) is 42.5 Å². The van der Waals surface area contributed by atoms with Gasteiger partial charge in [-0.2, -0.15) is 0 Å². The Bertz CT molecular complexity index is 485. The van der Waals surface area contributed by atoms with Gasteiger partial charge in [0.05, 0.1) is 0 Å². The van der Waals surface area contributed by atoms with Crippen LogP contribution in [0.5, 0.6) is 0 Å². The molecule has 0 radical (unpaired) electrons. The normalized spacial score (nSPS) is 12.2. The monoisotopic (exact) mass is 288 g/mol. The molecule has 0 saturated carbocycles. The maximum absolute atomic E-state index is 13.8. The highest BCUT2D eigenvalue weighted by Crippen LogP contribution is 2.24. The predicted octanol–water partition coefficient (Wildman–Crippen LogP) is 6.40. The lowest BCUT2D eigenvalue weighted by Crippen LogP contribution is -2.03. The van der Waals surface area contributed by atoms with Crippen molar-refractivity contribution in [3.8, 4) is 0 Å². The van der Waals surface area contributed by atoms with Crippen LogP contribution in [0.1, 0.15) is 57.1 Å². The first kappa shape index (κ1) is 17.7. The number of allylic oxidation sites excluding steroid dienone is 2. The van der Waals surface area contributed by atoms with Gasteiger partial charge < -0.3 is 0 Å². The molecule has 0 saturated heterocycles. The van der Waals surface area contributed by atoms with Crippen LogP contribution >= 0.6 is 0 Å². The lowest BCUT2D eigenvalue weighted by atomic mass is 9.89. The van der Waals surface area contributed by atoms with Crippen LogP contribution in [0.3, 0.4) is 0 Å². The van der Waals surface area contributed by atoms with E-state index in [1.54, 1.807) is 6.07 Å². The summed E-state index contributed by atoms with van der Waals surface area (Å²) in [5, 5.41) is 0. The summed E-state index contributed by atoms with van der Waals surface area (Å²) < 4.78 is 13.8. The topological polar surface area (TPSA) is 0 Å². The zero-order valence-corrected chi connectivity index (χ0v) is 13.8. The molecule has 1 aromatic carbocycles. The van der Waals surface area contributed by atoms with Crippen LogP contribution in [0.2, 0.25) is 0 Å². The maximum Gasteiger partial charge on any atom is 0.126 e. The second-order valence-electron chi connectivity index (χ2n) is 6.38. The second kappa shape index (κ2) is 8.81. The molecule has 0 fully saturated rings. The van der Waals surface area contributed by atoms with Gasteiger partial charge in [-0.15, -0.1) is 6.58 Å². The first-order chi connectivity index (χ1) is 9.92. The fraction of sp³-hybridized carbons (Fsp3) is 0.500. The average Bonchev–Trinajstić information content (AvgIpc) is 2.39. The molecular weight excluding hydrogens is 259 g/mol. The summed E-state index contributed by atoms with van der Waals surface area (Å²) >= 11 is 0. The molecule has 1 heteroatoms. The molecular formula is C20H29F. The van der Waals surface area contributed by atoms with E-state index in [1.165, 1.54) is 18.4 Å². The van der Waals surface area contributed by atoms with Crippen molar-refractivity contribution in [3.63, 3.8) is 0 Å². The van der Waals surface area contributed by atoms with Crippen molar-refractivity contribution >= 4 is 0 Å². The molecule has 1 aromatic rings. The molecule has 21 heavy (non-hydrogen) atoms. The minimum atomic E-state index is -0.108. The quantitative estimate of drug-likeness (QED) is 0.461. The molecule has 0 bridgehead atoms. The van der Waals surface area contributed by atoms with Crippen molar-refractivity contribution in [3.05, 3.63) is 59.4 Å². The number of halogens is 1. The standard InChI is InChI=1S/C20H29F/c1-6-7-18(12-15(2)3)10-8-16(4)13-19-11-9-17(5)14-20(19)21/h9,11,14,18H,2,4,6-8,10,12-13H2,1,3,5H3. The van der Waals surface area contributed by atoms with E-state index in [0.717, 1.165) is 36.0 Å². The largest absolute Gasteiger partial charge is 0.207 e. The molecule has 0 nitrogen and oxygen atoms in total. The van der Waals surface area contributed by atoms with Crippen LogP contribution in [-0.4, -0.2) is 0 Å². The minimum absolute atomic E-state index is 0.108. The molecule has 1 unspecified atom stereocenters. The molecule has 0 aliphatic carbocycles. The zero-order chi connectivity index (χ0) is 15.8. The smallest absolute Gasteiger partial charge is 0.126 e. The minimum Gasteiger partial charge on any atom is -0.207 e. The average molecular weight is 288 g/mol. The molecule has 0 N–H and O–H groups in total. The Balaban J connectivity index is 2.50. The summed E-state index contributed by atoms with van der Waals surface area (Å²) in [5.74, 6) is 0.579. The van der Waals surface area contributed by atoms with E-state index in [0.29, 0.717) is 12.3 Å². The van der Waals surface area contributed by atoms with E-state index in [-0.39, 0.29) is 5.82 Å². The molecule has 116 valence electrons. The van der Waals surface area contributed by atoms with Gasteiger partial charge in [-0.1, -0.05) is 49.6 Å². The highest BCUT2D eigenvalue weighted by Gasteiger charge is 2.10. The van der Waals surface area contributed by atoms with Gasteiger partial charge in [-0.3, -0.25) is 0 Å². The summed E-state index contributed by atoms with van der Waals surface area (Å²) in [5.41, 5.74) is 4.10. The molecule has 0 heterocycles. The summed E-state index contributed by atoms with van der Waals surface area (Å²) in [7, 11) is 0. The number of hydrogen-bond donors (Lipinski definition) is 0. The summed E-state index contributed by atoms with van der Waals surface area (Å²) in [6, 6.07) is 5.45. The molecule has 0 aliphatic heterocycles. The van der Waals surface area contributed by atoms with Crippen LogP contribution in [0, 0.1) is 18.7 Å². The molecule has 0 aromatic heterocycles. The first-order valence-corrected chi connectivity index (χ1v) is 7.98. The highest BCUT2D eigenvalue weighted by atomic mass is 19.1. The van der Waals surface area contributed by atoms with Crippen molar-refractivity contribution in [2.45, 2.75) is 59.3 Å². The van der Waals surface area contributed by atoms with Crippen molar-refractivity contribution < 1.29 is 4.39 Å². The van der Waals surface area contributed by atoms with E-state index in [4.69, 9.17) is 0 Å². The predicted molar refractivity (Wildman–Crippen MR) is 91.0 cm³/mol. The van der Waals surface area contributed by atoms with Crippen molar-refractivity contribution in [1.82, 2.24) is 0 Å². The lowest BCUT2D eigenvalue weighted by Gasteiger charge is -2.17. The fourth-order valence-electron chi connectivity index (χ4n) is 2.81. The lowest BCUT2D eigenvalue weighted by molar-refractivity contribution is 0.440. The van der Waals surface area contributed by atoms with Crippen LogP contribution in [0.25, 0.3) is 0 Å². The van der Waals surface area contributed by atoms with Gasteiger partial charge in [0.15, 0.2) is 0 Å².